The summed E-state index contributed by atoms with van der Waals surface area (Å²) in [5.41, 5.74) is 0.723. The minimum absolute atomic E-state index is 0.123. The Kier molecular flexibility index (Phi) is 7.18. The molecular formula is C24H24N2O7S. The smallest absolute Gasteiger partial charge is 0.338 e. The molecule has 2 saturated heterocycles. The number of rotatable bonds is 6. The van der Waals surface area contributed by atoms with E-state index in [-0.39, 0.29) is 13.0 Å². The maximum Gasteiger partial charge on any atom is 0.338 e. The Morgan fingerprint density at radius 3 is 2.24 bits per heavy atom. The first kappa shape index (κ1) is 23.8. The fraction of sp³-hybridized carbons (Fsp3) is 0.333. The van der Waals surface area contributed by atoms with E-state index in [1.165, 1.54) is 4.90 Å². The van der Waals surface area contributed by atoms with Gasteiger partial charge in [0.2, 0.25) is 5.91 Å². The van der Waals surface area contributed by atoms with E-state index in [0.717, 1.165) is 0 Å². The number of amides is 3. The number of hydrogen-bond acceptors (Lipinski definition) is 8. The zero-order valence-corrected chi connectivity index (χ0v) is 19.2. The van der Waals surface area contributed by atoms with Crippen molar-refractivity contribution in [3.05, 3.63) is 71.8 Å². The van der Waals surface area contributed by atoms with E-state index >= 15 is 0 Å². The van der Waals surface area contributed by atoms with Crippen LogP contribution in [-0.2, 0) is 19.0 Å². The molecule has 0 radical (unpaired) electrons. The van der Waals surface area contributed by atoms with Crippen molar-refractivity contribution in [3.63, 3.8) is 0 Å². The molecule has 0 aliphatic carbocycles. The number of nitrogens with zero attached hydrogens (tertiary/aromatic N) is 1. The van der Waals surface area contributed by atoms with Gasteiger partial charge in [-0.2, -0.15) is 12.6 Å². The predicted molar refractivity (Wildman–Crippen MR) is 123 cm³/mol. The van der Waals surface area contributed by atoms with Gasteiger partial charge in [0, 0.05) is 6.42 Å². The molecule has 4 rings (SSSR count). The normalized spacial score (nSPS) is 26.6. The van der Waals surface area contributed by atoms with Crippen LogP contribution < -0.4 is 5.32 Å². The summed E-state index contributed by atoms with van der Waals surface area (Å²) in [6.07, 6.45) is -2.35. The molecule has 34 heavy (non-hydrogen) atoms. The highest BCUT2D eigenvalue weighted by Gasteiger charge is 2.48. The van der Waals surface area contributed by atoms with Crippen molar-refractivity contribution in [2.45, 2.75) is 37.2 Å². The highest BCUT2D eigenvalue weighted by Crippen LogP contribution is 2.32. The van der Waals surface area contributed by atoms with Gasteiger partial charge < -0.3 is 14.2 Å². The van der Waals surface area contributed by atoms with Gasteiger partial charge in [-0.1, -0.05) is 43.3 Å². The van der Waals surface area contributed by atoms with Crippen LogP contribution in [0, 0.1) is 5.92 Å². The fourth-order valence-electron chi connectivity index (χ4n) is 3.82. The molecule has 1 N–H and O–H groups in total. The van der Waals surface area contributed by atoms with Crippen LogP contribution in [0.4, 0.5) is 4.79 Å². The number of benzene rings is 2. The topological polar surface area (TPSA) is 111 Å². The Hall–Kier alpha value is -3.37. The predicted octanol–water partition coefficient (Wildman–Crippen LogP) is 2.63. The Labute approximate surface area is 201 Å². The largest absolute Gasteiger partial charge is 0.459 e. The summed E-state index contributed by atoms with van der Waals surface area (Å²) < 4.78 is 17.1. The van der Waals surface area contributed by atoms with Crippen LogP contribution in [0.25, 0.3) is 0 Å². The van der Waals surface area contributed by atoms with Crippen molar-refractivity contribution < 1.29 is 33.4 Å². The van der Waals surface area contributed by atoms with Gasteiger partial charge >= 0.3 is 18.0 Å². The zero-order valence-electron chi connectivity index (χ0n) is 18.3. The van der Waals surface area contributed by atoms with Gasteiger partial charge in [-0.3, -0.25) is 15.0 Å². The van der Waals surface area contributed by atoms with Gasteiger partial charge in [0.25, 0.3) is 0 Å². The summed E-state index contributed by atoms with van der Waals surface area (Å²) in [5, 5.41) is 1.55. The second-order valence-corrected chi connectivity index (χ2v) is 8.57. The van der Waals surface area contributed by atoms with Gasteiger partial charge in [-0.05, 0) is 24.3 Å². The Balaban J connectivity index is 1.50. The fourth-order valence-corrected chi connectivity index (χ4v) is 4.21. The summed E-state index contributed by atoms with van der Waals surface area (Å²) in [4.78, 5) is 50.9. The van der Waals surface area contributed by atoms with Gasteiger partial charge in [0.15, 0.2) is 0 Å². The molecule has 0 spiro atoms. The van der Waals surface area contributed by atoms with E-state index in [9.17, 15) is 19.2 Å². The highest BCUT2D eigenvalue weighted by atomic mass is 32.1. The molecule has 10 heteroatoms. The number of ether oxygens (including phenoxy) is 3. The lowest BCUT2D eigenvalue weighted by atomic mass is 10.1. The number of esters is 2. The molecule has 2 fully saturated rings. The maximum absolute atomic E-state index is 12.7. The molecular weight excluding hydrogens is 460 g/mol. The number of thiol groups is 1. The summed E-state index contributed by atoms with van der Waals surface area (Å²) in [6.45, 7) is 1.45. The van der Waals surface area contributed by atoms with Gasteiger partial charge in [-0.25, -0.2) is 14.4 Å². The van der Waals surface area contributed by atoms with E-state index in [0.29, 0.717) is 11.1 Å². The van der Waals surface area contributed by atoms with Crippen LogP contribution in [0.2, 0.25) is 0 Å². The molecule has 5 atom stereocenters. The first-order chi connectivity index (χ1) is 16.3. The third-order valence-electron chi connectivity index (χ3n) is 5.76. The summed E-state index contributed by atoms with van der Waals surface area (Å²) >= 11 is 4.43. The molecule has 178 valence electrons. The third kappa shape index (κ3) is 5.07. The van der Waals surface area contributed by atoms with Crippen LogP contribution >= 0.6 is 12.6 Å². The molecule has 9 nitrogen and oxygen atoms in total. The zero-order chi connectivity index (χ0) is 24.2. The molecule has 0 bridgehead atoms. The minimum Gasteiger partial charge on any atom is -0.459 e. The van der Waals surface area contributed by atoms with Crippen molar-refractivity contribution >= 4 is 36.5 Å². The van der Waals surface area contributed by atoms with Crippen molar-refractivity contribution in [3.8, 4) is 0 Å². The SMILES string of the molecule is C[C@@H]1C(=O)NC(=O)N([C@H]2C[C@H](OC(=O)c3ccccc3)[C@@H](COC(=O)c3ccccc3)O2)[C@@H]1S. The van der Waals surface area contributed by atoms with Gasteiger partial charge in [-0.15, -0.1) is 0 Å². The maximum atomic E-state index is 12.7. The molecule has 2 aromatic rings. The molecule has 2 aliphatic heterocycles. The van der Waals surface area contributed by atoms with Gasteiger partial charge in [0.05, 0.1) is 22.4 Å². The van der Waals surface area contributed by atoms with E-state index in [1.54, 1.807) is 67.6 Å². The second kappa shape index (κ2) is 10.3. The van der Waals surface area contributed by atoms with Crippen molar-refractivity contribution in [2.24, 2.45) is 5.92 Å². The number of carbonyl (C=O) groups excluding carboxylic acids is 4. The quantitative estimate of drug-likeness (QED) is 0.479. The van der Waals surface area contributed by atoms with Crippen LogP contribution in [0.15, 0.2) is 60.7 Å². The van der Waals surface area contributed by atoms with Crippen molar-refractivity contribution in [2.75, 3.05) is 6.61 Å². The molecule has 2 aliphatic rings. The Morgan fingerprint density at radius 1 is 1.03 bits per heavy atom. The van der Waals surface area contributed by atoms with Crippen molar-refractivity contribution in [1.82, 2.24) is 10.2 Å². The Bertz CT molecular complexity index is 1070. The molecule has 3 amide bonds. The second-order valence-electron chi connectivity index (χ2n) is 8.04. The van der Waals surface area contributed by atoms with Gasteiger partial charge in [0.1, 0.15) is 25.0 Å². The van der Waals surface area contributed by atoms with E-state index in [1.807, 2.05) is 0 Å². The first-order valence-electron chi connectivity index (χ1n) is 10.8. The number of imide groups is 1. The average Bonchev–Trinajstić information content (AvgIpc) is 3.24. The van der Waals surface area contributed by atoms with E-state index in [4.69, 9.17) is 14.2 Å². The Morgan fingerprint density at radius 2 is 1.62 bits per heavy atom. The summed E-state index contributed by atoms with van der Waals surface area (Å²) in [6, 6.07) is 16.3. The molecule has 2 aromatic carbocycles. The lowest BCUT2D eigenvalue weighted by molar-refractivity contribution is -0.129. The average molecular weight is 485 g/mol. The number of urea groups is 1. The van der Waals surface area contributed by atoms with Crippen LogP contribution in [-0.4, -0.2) is 59.2 Å². The number of carbonyl (C=O) groups is 4. The van der Waals surface area contributed by atoms with Crippen molar-refractivity contribution in [1.29, 1.82) is 0 Å². The monoisotopic (exact) mass is 484 g/mol. The lowest BCUT2D eigenvalue weighted by Gasteiger charge is -2.39. The van der Waals surface area contributed by atoms with Crippen LogP contribution in [0.1, 0.15) is 34.1 Å². The molecule has 0 unspecified atom stereocenters. The number of hydrogen-bond donors (Lipinski definition) is 2. The standard InChI is InChI=1S/C24H24N2O7S/c1-14-20(27)25-24(30)26(21(14)34)19-12-17(33-23(29)16-10-6-3-7-11-16)18(32-19)13-31-22(28)15-8-4-2-5-9-15/h2-11,14,17-19,21,34H,12-13H2,1H3,(H,25,27,30)/t14-,17+,18-,19-,21-/m1/s1. The first-order valence-corrected chi connectivity index (χ1v) is 11.3. The molecule has 0 saturated carbocycles. The highest BCUT2D eigenvalue weighted by molar-refractivity contribution is 7.81. The van der Waals surface area contributed by atoms with Crippen LogP contribution in [0.5, 0.6) is 0 Å². The number of nitrogens with one attached hydrogen (secondary N) is 1. The summed E-state index contributed by atoms with van der Waals surface area (Å²) in [7, 11) is 0. The van der Waals surface area contributed by atoms with E-state index in [2.05, 4.69) is 17.9 Å². The molecule has 0 aromatic heterocycles. The lowest BCUT2D eigenvalue weighted by Crippen LogP contribution is -2.60. The molecule has 2 heterocycles. The summed E-state index contributed by atoms with van der Waals surface area (Å²) in [5.74, 6) is -2.13. The van der Waals surface area contributed by atoms with E-state index < -0.39 is 53.6 Å². The third-order valence-corrected chi connectivity index (χ3v) is 6.45. The van der Waals surface area contributed by atoms with Crippen LogP contribution in [0.3, 0.4) is 0 Å². The minimum atomic E-state index is -0.841.